The second-order valence-corrected chi connectivity index (χ2v) is 8.19. The van der Waals surface area contributed by atoms with Gasteiger partial charge in [0.1, 0.15) is 6.33 Å². The second-order valence-electron chi connectivity index (χ2n) is 7.24. The minimum atomic E-state index is -0.203. The van der Waals surface area contributed by atoms with Gasteiger partial charge in [-0.3, -0.25) is 4.79 Å². The van der Waals surface area contributed by atoms with Crippen LogP contribution < -0.4 is 5.32 Å². The van der Waals surface area contributed by atoms with Crippen LogP contribution in [0.25, 0.3) is 16.5 Å². The quantitative estimate of drug-likeness (QED) is 0.455. The van der Waals surface area contributed by atoms with Crippen LogP contribution in [-0.4, -0.2) is 40.4 Å². The summed E-state index contributed by atoms with van der Waals surface area (Å²) in [5.41, 5.74) is 3.20. The molecule has 1 N–H and O–H groups in total. The van der Waals surface area contributed by atoms with Crippen molar-refractivity contribution in [2.24, 2.45) is 7.05 Å². The summed E-state index contributed by atoms with van der Waals surface area (Å²) in [6, 6.07) is 4.04. The monoisotopic (exact) mass is 436 g/mol. The molecule has 0 bridgehead atoms. The zero-order chi connectivity index (χ0) is 21.8. The maximum absolute atomic E-state index is 12.9. The molecule has 4 aromatic rings. The highest BCUT2D eigenvalue weighted by Gasteiger charge is 2.20. The Balaban J connectivity index is 1.66. The number of nitrogens with zero attached hydrogens (tertiary/aromatic N) is 7. The molecular weight excluding hydrogens is 412 g/mol. The number of thiophene rings is 1. The van der Waals surface area contributed by atoms with Crippen molar-refractivity contribution in [1.82, 2.24) is 39.8 Å². The number of hydrogen-bond donors (Lipinski definition) is 1. The van der Waals surface area contributed by atoms with Crippen molar-refractivity contribution >= 4 is 17.2 Å². The molecule has 0 spiro atoms. The molecule has 1 amide bonds. The van der Waals surface area contributed by atoms with E-state index in [1.807, 2.05) is 31.5 Å². The Bertz CT molecular complexity index is 1180. The highest BCUT2D eigenvalue weighted by atomic mass is 32.1. The van der Waals surface area contributed by atoms with Crippen LogP contribution in [0.4, 0.5) is 0 Å². The van der Waals surface area contributed by atoms with Gasteiger partial charge in [-0.25, -0.2) is 14.6 Å². The predicted molar refractivity (Wildman–Crippen MR) is 118 cm³/mol. The molecule has 0 unspecified atom stereocenters. The molecule has 0 fully saturated rings. The first-order chi connectivity index (χ1) is 15.1. The molecule has 31 heavy (non-hydrogen) atoms. The normalized spacial score (nSPS) is 11.1. The van der Waals surface area contributed by atoms with Gasteiger partial charge >= 0.3 is 0 Å². The van der Waals surface area contributed by atoms with Crippen LogP contribution in [0.15, 0.2) is 36.2 Å². The van der Waals surface area contributed by atoms with Crippen LogP contribution >= 0.6 is 11.3 Å². The van der Waals surface area contributed by atoms with Gasteiger partial charge in [0.25, 0.3) is 11.9 Å². The van der Waals surface area contributed by atoms with E-state index in [-0.39, 0.29) is 12.5 Å². The SMILES string of the molecule is CCCCc1c(C(=O)NCc2nncn2C)cnn1-c1ncc(C)c(-c2cccs2)n1. The number of hydrogen-bond acceptors (Lipinski definition) is 7. The number of carbonyl (C=O) groups excluding carboxylic acids is 1. The van der Waals surface area contributed by atoms with Crippen molar-refractivity contribution in [3.8, 4) is 16.5 Å². The highest BCUT2D eigenvalue weighted by Crippen LogP contribution is 2.26. The van der Waals surface area contributed by atoms with Gasteiger partial charge in [-0.2, -0.15) is 5.10 Å². The lowest BCUT2D eigenvalue weighted by Gasteiger charge is -2.10. The number of rotatable bonds is 8. The largest absolute Gasteiger partial charge is 0.345 e. The van der Waals surface area contributed by atoms with Crippen molar-refractivity contribution in [3.63, 3.8) is 0 Å². The predicted octanol–water partition coefficient (Wildman–Crippen LogP) is 3.10. The lowest BCUT2D eigenvalue weighted by atomic mass is 10.1. The summed E-state index contributed by atoms with van der Waals surface area (Å²) in [6.07, 6.45) is 7.63. The number of aromatic nitrogens is 7. The zero-order valence-electron chi connectivity index (χ0n) is 17.7. The van der Waals surface area contributed by atoms with Crippen molar-refractivity contribution in [2.75, 3.05) is 0 Å². The van der Waals surface area contributed by atoms with Crippen molar-refractivity contribution in [1.29, 1.82) is 0 Å². The molecule has 0 atom stereocenters. The average molecular weight is 437 g/mol. The van der Waals surface area contributed by atoms with Gasteiger partial charge in [-0.05, 0) is 36.8 Å². The van der Waals surface area contributed by atoms with E-state index in [9.17, 15) is 4.79 Å². The number of carbonyl (C=O) groups is 1. The Morgan fingerprint density at radius 1 is 1.29 bits per heavy atom. The van der Waals surface area contributed by atoms with E-state index in [0.29, 0.717) is 23.8 Å². The summed E-state index contributed by atoms with van der Waals surface area (Å²) in [4.78, 5) is 23.3. The molecular formula is C21H24N8OS. The fourth-order valence-corrected chi connectivity index (χ4v) is 4.02. The Morgan fingerprint density at radius 2 is 2.16 bits per heavy atom. The maximum Gasteiger partial charge on any atom is 0.255 e. The van der Waals surface area contributed by atoms with Crippen molar-refractivity contribution in [3.05, 3.63) is 58.9 Å². The Morgan fingerprint density at radius 3 is 2.87 bits per heavy atom. The first-order valence-electron chi connectivity index (χ1n) is 10.1. The molecule has 4 aromatic heterocycles. The van der Waals surface area contributed by atoms with Crippen molar-refractivity contribution < 1.29 is 4.79 Å². The van der Waals surface area contributed by atoms with Gasteiger partial charge in [0.2, 0.25) is 0 Å². The minimum Gasteiger partial charge on any atom is -0.345 e. The molecule has 4 heterocycles. The molecule has 10 heteroatoms. The molecule has 0 saturated carbocycles. The third-order valence-corrected chi connectivity index (χ3v) is 5.87. The van der Waals surface area contributed by atoms with Crippen LogP contribution in [0.2, 0.25) is 0 Å². The van der Waals surface area contributed by atoms with E-state index in [4.69, 9.17) is 4.98 Å². The molecule has 0 saturated heterocycles. The third-order valence-electron chi connectivity index (χ3n) is 5.00. The number of amides is 1. The maximum atomic E-state index is 12.9. The van der Waals surface area contributed by atoms with Crippen LogP contribution in [0.5, 0.6) is 0 Å². The number of aryl methyl sites for hydroxylation is 2. The summed E-state index contributed by atoms with van der Waals surface area (Å²) in [7, 11) is 1.84. The molecule has 160 valence electrons. The number of nitrogens with one attached hydrogen (secondary N) is 1. The first-order valence-corrected chi connectivity index (χ1v) is 11.0. The lowest BCUT2D eigenvalue weighted by Crippen LogP contribution is -2.25. The first kappa shape index (κ1) is 20.9. The van der Waals surface area contributed by atoms with Gasteiger partial charge in [0, 0.05) is 13.2 Å². The van der Waals surface area contributed by atoms with Gasteiger partial charge in [0.15, 0.2) is 5.82 Å². The zero-order valence-corrected chi connectivity index (χ0v) is 18.6. The topological polar surface area (TPSA) is 103 Å². The van der Waals surface area contributed by atoms with E-state index < -0.39 is 0 Å². The van der Waals surface area contributed by atoms with Gasteiger partial charge in [0.05, 0.1) is 34.6 Å². The molecule has 0 aliphatic carbocycles. The smallest absolute Gasteiger partial charge is 0.255 e. The summed E-state index contributed by atoms with van der Waals surface area (Å²) in [5, 5.41) is 17.3. The van der Waals surface area contributed by atoms with E-state index in [1.165, 1.54) is 0 Å². The van der Waals surface area contributed by atoms with E-state index in [0.717, 1.165) is 34.7 Å². The Kier molecular flexibility index (Phi) is 6.17. The lowest BCUT2D eigenvalue weighted by molar-refractivity contribution is 0.0948. The molecule has 9 nitrogen and oxygen atoms in total. The molecule has 0 aliphatic heterocycles. The van der Waals surface area contributed by atoms with Crippen molar-refractivity contribution in [2.45, 2.75) is 39.7 Å². The second kappa shape index (κ2) is 9.17. The molecule has 0 radical (unpaired) electrons. The van der Waals surface area contributed by atoms with E-state index in [1.54, 1.807) is 39.3 Å². The standard InChI is InChI=1S/C21H24N8OS/c1-4-5-7-16-15(20(30)22-12-18-27-24-13-28(18)3)11-25-29(16)21-23-10-14(2)19(26-21)17-8-6-9-31-17/h6,8-11,13H,4-5,7,12H2,1-3H3,(H,22,30). The van der Waals surface area contributed by atoms with Crippen LogP contribution in [0, 0.1) is 6.92 Å². The van der Waals surface area contributed by atoms with Crippen LogP contribution in [0.3, 0.4) is 0 Å². The fraction of sp³-hybridized carbons (Fsp3) is 0.333. The number of unbranched alkanes of at least 4 members (excludes halogenated alkanes) is 1. The summed E-state index contributed by atoms with van der Waals surface area (Å²) in [6.45, 7) is 4.40. The third kappa shape index (κ3) is 4.38. The van der Waals surface area contributed by atoms with Crippen LogP contribution in [-0.2, 0) is 20.0 Å². The minimum absolute atomic E-state index is 0.203. The van der Waals surface area contributed by atoms with E-state index in [2.05, 4.69) is 32.5 Å². The average Bonchev–Trinajstić information content (AvgIpc) is 3.52. The molecule has 0 aromatic carbocycles. The summed E-state index contributed by atoms with van der Waals surface area (Å²) < 4.78 is 3.46. The van der Waals surface area contributed by atoms with E-state index >= 15 is 0 Å². The van der Waals surface area contributed by atoms with Gasteiger partial charge in [-0.15, -0.1) is 21.5 Å². The summed E-state index contributed by atoms with van der Waals surface area (Å²) in [5.74, 6) is 0.941. The Labute approximate surface area is 184 Å². The molecule has 4 rings (SSSR count). The fourth-order valence-electron chi connectivity index (χ4n) is 3.24. The highest BCUT2D eigenvalue weighted by molar-refractivity contribution is 7.13. The van der Waals surface area contributed by atoms with Gasteiger partial charge in [-0.1, -0.05) is 19.4 Å². The molecule has 0 aliphatic rings. The summed E-state index contributed by atoms with van der Waals surface area (Å²) >= 11 is 1.63. The van der Waals surface area contributed by atoms with Crippen LogP contribution in [0.1, 0.15) is 47.2 Å². The Hall–Kier alpha value is -3.40. The van der Waals surface area contributed by atoms with Gasteiger partial charge < -0.3 is 9.88 Å².